The van der Waals surface area contributed by atoms with E-state index in [2.05, 4.69) is 5.32 Å². The van der Waals surface area contributed by atoms with Crippen LogP contribution in [0.15, 0.2) is 90.3 Å². The van der Waals surface area contributed by atoms with Gasteiger partial charge < -0.3 is 10.2 Å². The number of fused-ring (bicyclic) bond motifs is 6. The molecular formula is C31H20Cl2N2O3S. The normalized spacial score (nSPS) is 24.3. The van der Waals surface area contributed by atoms with E-state index < -0.39 is 23.4 Å². The monoisotopic (exact) mass is 570 g/mol. The molecule has 5 nitrogen and oxygen atoms in total. The van der Waals surface area contributed by atoms with E-state index in [1.54, 1.807) is 18.2 Å². The number of rotatable bonds is 4. The first-order chi connectivity index (χ1) is 18.9. The Hall–Kier alpha value is -3.71. The fourth-order valence-corrected chi connectivity index (χ4v) is 7.74. The Labute approximate surface area is 238 Å². The lowest BCUT2D eigenvalue weighted by Crippen LogP contribution is -2.51. The summed E-state index contributed by atoms with van der Waals surface area (Å²) in [6, 6.07) is 21.9. The van der Waals surface area contributed by atoms with E-state index in [1.165, 1.54) is 17.4 Å². The second-order valence-electron chi connectivity index (χ2n) is 9.89. The van der Waals surface area contributed by atoms with Gasteiger partial charge in [-0.3, -0.25) is 14.4 Å². The highest BCUT2D eigenvalue weighted by molar-refractivity contribution is 7.12. The Morgan fingerprint density at radius 2 is 1.72 bits per heavy atom. The van der Waals surface area contributed by atoms with E-state index >= 15 is 0 Å². The second kappa shape index (κ2) is 8.91. The summed E-state index contributed by atoms with van der Waals surface area (Å²) in [5.74, 6) is -1.97. The molecule has 0 bridgehead atoms. The SMILES string of the molecule is O=C(c1cccs1)[C@@H]1[C@H](C(=O)c2ccc(Cl)cc2Cl)[C@@]2(C(=O)Nc3ccccc32)[C@@H]2C=Cc3ccccc3N12. The predicted molar refractivity (Wildman–Crippen MR) is 155 cm³/mol. The molecule has 1 spiro atoms. The lowest BCUT2D eigenvalue weighted by atomic mass is 9.64. The van der Waals surface area contributed by atoms with E-state index in [1.807, 2.05) is 77.0 Å². The number of nitrogens with one attached hydrogen (secondary N) is 1. The van der Waals surface area contributed by atoms with Crippen LogP contribution in [0.4, 0.5) is 11.4 Å². The molecule has 1 amide bonds. The summed E-state index contributed by atoms with van der Waals surface area (Å²) < 4.78 is 0. The number of nitrogens with zero attached hydrogens (tertiary/aromatic N) is 1. The van der Waals surface area contributed by atoms with Crippen LogP contribution < -0.4 is 10.2 Å². The number of Topliss-reactive ketones (excluding diaryl/α,β-unsaturated/α-hetero) is 2. The molecule has 0 radical (unpaired) electrons. The first kappa shape index (κ1) is 24.3. The molecule has 4 atom stereocenters. The number of hydrogen-bond donors (Lipinski definition) is 1. The van der Waals surface area contributed by atoms with Gasteiger partial charge in [0.1, 0.15) is 11.5 Å². The lowest BCUT2D eigenvalue weighted by Gasteiger charge is -2.37. The van der Waals surface area contributed by atoms with Crippen LogP contribution in [-0.4, -0.2) is 29.6 Å². The molecule has 4 heterocycles. The Morgan fingerprint density at radius 1 is 0.923 bits per heavy atom. The summed E-state index contributed by atoms with van der Waals surface area (Å²) in [7, 11) is 0. The van der Waals surface area contributed by atoms with Crippen LogP contribution >= 0.6 is 34.5 Å². The van der Waals surface area contributed by atoms with E-state index in [-0.39, 0.29) is 28.1 Å². The van der Waals surface area contributed by atoms with Crippen LogP contribution in [0.5, 0.6) is 0 Å². The van der Waals surface area contributed by atoms with Gasteiger partial charge in [0.15, 0.2) is 11.6 Å². The van der Waals surface area contributed by atoms with Crippen LogP contribution in [0.25, 0.3) is 6.08 Å². The summed E-state index contributed by atoms with van der Waals surface area (Å²) in [5, 5.41) is 5.43. The third-order valence-corrected chi connectivity index (χ3v) is 9.49. The highest BCUT2D eigenvalue weighted by atomic mass is 35.5. The molecular weight excluding hydrogens is 551 g/mol. The summed E-state index contributed by atoms with van der Waals surface area (Å²) in [5.41, 5.74) is 1.89. The van der Waals surface area contributed by atoms with Crippen molar-refractivity contribution >= 4 is 69.5 Å². The Balaban J connectivity index is 1.55. The predicted octanol–water partition coefficient (Wildman–Crippen LogP) is 6.91. The number of amides is 1. The maximum absolute atomic E-state index is 14.7. The van der Waals surface area contributed by atoms with Crippen LogP contribution in [0.2, 0.25) is 10.0 Å². The van der Waals surface area contributed by atoms with Gasteiger partial charge in [-0.15, -0.1) is 11.3 Å². The quantitative estimate of drug-likeness (QED) is 0.271. The van der Waals surface area contributed by atoms with Crippen molar-refractivity contribution in [2.75, 3.05) is 10.2 Å². The first-order valence-corrected chi connectivity index (χ1v) is 14.1. The summed E-state index contributed by atoms with van der Waals surface area (Å²) in [4.78, 5) is 45.9. The average Bonchev–Trinajstić information content (AvgIpc) is 3.65. The smallest absolute Gasteiger partial charge is 0.238 e. The zero-order valence-corrected chi connectivity index (χ0v) is 22.6. The Kier molecular flexibility index (Phi) is 5.56. The molecule has 0 unspecified atom stereocenters. The molecule has 39 heavy (non-hydrogen) atoms. The number of para-hydroxylation sites is 2. The van der Waals surface area contributed by atoms with Crippen molar-refractivity contribution in [3.8, 4) is 0 Å². The van der Waals surface area contributed by atoms with Gasteiger partial charge in [0.05, 0.1) is 21.9 Å². The van der Waals surface area contributed by atoms with Crippen LogP contribution in [0.3, 0.4) is 0 Å². The molecule has 192 valence electrons. The van der Waals surface area contributed by atoms with Crippen LogP contribution in [0, 0.1) is 5.92 Å². The molecule has 0 aliphatic carbocycles. The van der Waals surface area contributed by atoms with Crippen molar-refractivity contribution in [3.63, 3.8) is 0 Å². The number of thiophene rings is 1. The Morgan fingerprint density at radius 3 is 2.51 bits per heavy atom. The molecule has 1 saturated heterocycles. The molecule has 3 aliphatic rings. The standard InChI is InChI=1S/C31H20Cl2N2O3S/c32-18-12-13-19(21(33)16-18)28(36)26-27(29(37)24-10-5-15-39-24)35-23-9-4-1-6-17(23)11-14-25(35)31(26)20-7-2-3-8-22(20)34-30(31)38/h1-16,25-27H,(H,34,38)/t25-,26+,27-,31-/m0/s1. The number of benzene rings is 3. The van der Waals surface area contributed by atoms with E-state index in [0.717, 1.165) is 11.3 Å². The van der Waals surface area contributed by atoms with Gasteiger partial charge in [-0.2, -0.15) is 0 Å². The van der Waals surface area contributed by atoms with E-state index in [9.17, 15) is 14.4 Å². The number of ketones is 2. The van der Waals surface area contributed by atoms with Crippen molar-refractivity contribution < 1.29 is 14.4 Å². The van der Waals surface area contributed by atoms with Crippen molar-refractivity contribution in [1.29, 1.82) is 0 Å². The highest BCUT2D eigenvalue weighted by Gasteiger charge is 2.70. The number of carbonyl (C=O) groups excluding carboxylic acids is 3. The summed E-state index contributed by atoms with van der Waals surface area (Å²) in [6.07, 6.45) is 3.93. The van der Waals surface area contributed by atoms with Gasteiger partial charge in [0.2, 0.25) is 5.91 Å². The minimum absolute atomic E-state index is 0.178. The van der Waals surface area contributed by atoms with Crippen LogP contribution in [0.1, 0.15) is 31.2 Å². The van der Waals surface area contributed by atoms with Crippen molar-refractivity contribution in [1.82, 2.24) is 0 Å². The minimum Gasteiger partial charge on any atom is -0.352 e. The van der Waals surface area contributed by atoms with Crippen LogP contribution in [-0.2, 0) is 10.2 Å². The molecule has 4 aromatic rings. The maximum atomic E-state index is 14.7. The topological polar surface area (TPSA) is 66.5 Å². The summed E-state index contributed by atoms with van der Waals surface area (Å²) >= 11 is 14.1. The molecule has 7 rings (SSSR count). The average molecular weight is 571 g/mol. The van der Waals surface area contributed by atoms with Gasteiger partial charge in [-0.25, -0.2) is 0 Å². The second-order valence-corrected chi connectivity index (χ2v) is 11.7. The third kappa shape index (κ3) is 3.35. The number of hydrogen-bond acceptors (Lipinski definition) is 5. The number of carbonyl (C=O) groups is 3. The maximum Gasteiger partial charge on any atom is 0.238 e. The number of halogens is 2. The lowest BCUT2D eigenvalue weighted by molar-refractivity contribution is -0.121. The molecule has 1 N–H and O–H groups in total. The molecule has 8 heteroatoms. The third-order valence-electron chi connectivity index (χ3n) is 8.05. The van der Waals surface area contributed by atoms with Gasteiger partial charge in [-0.1, -0.05) is 77.8 Å². The van der Waals surface area contributed by atoms with E-state index in [0.29, 0.717) is 21.2 Å². The molecule has 1 fully saturated rings. The largest absolute Gasteiger partial charge is 0.352 e. The fourth-order valence-electron chi connectivity index (χ4n) is 6.54. The van der Waals surface area contributed by atoms with Gasteiger partial charge >= 0.3 is 0 Å². The molecule has 0 saturated carbocycles. The molecule has 3 aliphatic heterocycles. The zero-order valence-electron chi connectivity index (χ0n) is 20.3. The molecule has 3 aromatic carbocycles. The highest BCUT2D eigenvalue weighted by Crippen LogP contribution is 2.58. The Bertz CT molecular complexity index is 1720. The van der Waals surface area contributed by atoms with E-state index in [4.69, 9.17) is 23.2 Å². The molecule has 1 aromatic heterocycles. The van der Waals surface area contributed by atoms with Gasteiger partial charge in [-0.05, 0) is 52.9 Å². The zero-order chi connectivity index (χ0) is 26.9. The fraction of sp³-hybridized carbons (Fsp3) is 0.129. The minimum atomic E-state index is -1.38. The number of anilines is 2. The van der Waals surface area contributed by atoms with Crippen molar-refractivity contribution in [2.45, 2.75) is 17.5 Å². The first-order valence-electron chi connectivity index (χ1n) is 12.5. The van der Waals surface area contributed by atoms with Crippen molar-refractivity contribution in [2.24, 2.45) is 5.92 Å². The summed E-state index contributed by atoms with van der Waals surface area (Å²) in [6.45, 7) is 0. The van der Waals surface area contributed by atoms with Crippen molar-refractivity contribution in [3.05, 3.63) is 122 Å². The van der Waals surface area contributed by atoms with Gasteiger partial charge in [0.25, 0.3) is 0 Å². The van der Waals surface area contributed by atoms with Gasteiger partial charge in [0, 0.05) is 22.0 Å².